The van der Waals surface area contributed by atoms with Gasteiger partial charge in [0.25, 0.3) is 0 Å². The van der Waals surface area contributed by atoms with E-state index in [1.165, 1.54) is 64.2 Å². The lowest BCUT2D eigenvalue weighted by molar-refractivity contribution is 0.135. The van der Waals surface area contributed by atoms with Crippen LogP contribution in [0.5, 0.6) is 0 Å². The molecule has 0 aromatic rings. The van der Waals surface area contributed by atoms with Gasteiger partial charge in [0.2, 0.25) is 0 Å². The lowest BCUT2D eigenvalue weighted by Gasteiger charge is -2.37. The van der Waals surface area contributed by atoms with Crippen LogP contribution in [0.1, 0.15) is 85.0 Å². The molecule has 114 valence electrons. The van der Waals surface area contributed by atoms with E-state index in [1.807, 2.05) is 0 Å². The van der Waals surface area contributed by atoms with Crippen molar-refractivity contribution in [3.63, 3.8) is 0 Å². The minimum atomic E-state index is 0.782. The fourth-order valence-electron chi connectivity index (χ4n) is 4.24. The summed E-state index contributed by atoms with van der Waals surface area (Å²) in [7, 11) is 0. The highest BCUT2D eigenvalue weighted by Gasteiger charge is 2.30. The average molecular weight is 268 g/mol. The van der Waals surface area contributed by atoms with E-state index in [4.69, 9.17) is 5.73 Å². The van der Waals surface area contributed by atoms with E-state index in [2.05, 4.69) is 20.8 Å². The standard InChI is InChI=1S/C18H37N/c1-4-6-13-17-15(3)11-9-7-8-10-12-16(5-2)18(17)14-19/h15-18H,4-14,19H2,1-3H3. The molecule has 4 atom stereocenters. The van der Waals surface area contributed by atoms with Gasteiger partial charge < -0.3 is 5.73 Å². The highest BCUT2D eigenvalue weighted by molar-refractivity contribution is 4.82. The van der Waals surface area contributed by atoms with E-state index in [1.54, 1.807) is 0 Å². The number of hydrogen-bond acceptors (Lipinski definition) is 1. The molecule has 1 aliphatic carbocycles. The van der Waals surface area contributed by atoms with Crippen molar-refractivity contribution in [2.75, 3.05) is 6.54 Å². The number of nitrogens with two attached hydrogens (primary N) is 1. The second-order valence-corrected chi connectivity index (χ2v) is 6.84. The van der Waals surface area contributed by atoms with Gasteiger partial charge in [-0.15, -0.1) is 0 Å². The Bertz CT molecular complexity index is 214. The third-order valence-electron chi connectivity index (χ3n) is 5.56. The van der Waals surface area contributed by atoms with Crippen molar-refractivity contribution in [2.45, 2.75) is 85.0 Å². The monoisotopic (exact) mass is 267 g/mol. The third kappa shape index (κ3) is 5.45. The zero-order valence-corrected chi connectivity index (χ0v) is 13.7. The fraction of sp³-hybridized carbons (Fsp3) is 1.00. The Hall–Kier alpha value is -0.0400. The summed E-state index contributed by atoms with van der Waals surface area (Å²) >= 11 is 0. The van der Waals surface area contributed by atoms with Crippen LogP contribution in [-0.2, 0) is 0 Å². The molecule has 1 nitrogen and oxygen atoms in total. The molecular weight excluding hydrogens is 230 g/mol. The highest BCUT2D eigenvalue weighted by Crippen LogP contribution is 2.38. The molecule has 0 amide bonds. The van der Waals surface area contributed by atoms with Crippen LogP contribution in [0, 0.1) is 23.7 Å². The zero-order valence-electron chi connectivity index (χ0n) is 13.7. The summed E-state index contributed by atoms with van der Waals surface area (Å²) in [4.78, 5) is 0. The van der Waals surface area contributed by atoms with Crippen LogP contribution < -0.4 is 5.73 Å². The van der Waals surface area contributed by atoms with E-state index in [0.717, 1.165) is 30.2 Å². The van der Waals surface area contributed by atoms with E-state index in [9.17, 15) is 0 Å². The molecule has 4 unspecified atom stereocenters. The van der Waals surface area contributed by atoms with Crippen molar-refractivity contribution in [1.29, 1.82) is 0 Å². The van der Waals surface area contributed by atoms with Crippen molar-refractivity contribution in [2.24, 2.45) is 29.4 Å². The first-order valence-corrected chi connectivity index (χ1v) is 8.94. The minimum Gasteiger partial charge on any atom is -0.330 e. The maximum atomic E-state index is 6.20. The minimum absolute atomic E-state index is 0.782. The van der Waals surface area contributed by atoms with Crippen LogP contribution in [0.15, 0.2) is 0 Å². The van der Waals surface area contributed by atoms with Gasteiger partial charge in [0.15, 0.2) is 0 Å². The molecular formula is C18H37N. The van der Waals surface area contributed by atoms with Gasteiger partial charge in [0, 0.05) is 0 Å². The first kappa shape index (κ1) is 17.0. The quantitative estimate of drug-likeness (QED) is 0.710. The van der Waals surface area contributed by atoms with Crippen LogP contribution in [-0.4, -0.2) is 6.54 Å². The first-order valence-electron chi connectivity index (χ1n) is 8.94. The molecule has 1 aliphatic rings. The molecule has 1 fully saturated rings. The predicted molar refractivity (Wildman–Crippen MR) is 86.2 cm³/mol. The smallest absolute Gasteiger partial charge is 0.00435 e. The summed E-state index contributed by atoms with van der Waals surface area (Å²) in [6.45, 7) is 8.11. The predicted octanol–water partition coefficient (Wildman–Crippen LogP) is 5.38. The van der Waals surface area contributed by atoms with Crippen LogP contribution in [0.4, 0.5) is 0 Å². The van der Waals surface area contributed by atoms with Gasteiger partial charge in [-0.05, 0) is 36.6 Å². The molecule has 0 aliphatic heterocycles. The van der Waals surface area contributed by atoms with Crippen molar-refractivity contribution in [3.05, 3.63) is 0 Å². The second-order valence-electron chi connectivity index (χ2n) is 6.84. The Balaban J connectivity index is 2.77. The van der Waals surface area contributed by atoms with Gasteiger partial charge in [-0.25, -0.2) is 0 Å². The third-order valence-corrected chi connectivity index (χ3v) is 5.56. The van der Waals surface area contributed by atoms with E-state index >= 15 is 0 Å². The lowest BCUT2D eigenvalue weighted by atomic mass is 9.69. The Morgan fingerprint density at radius 1 is 0.947 bits per heavy atom. The molecule has 0 aromatic heterocycles. The summed E-state index contributed by atoms with van der Waals surface area (Å²) in [5.41, 5.74) is 6.20. The molecule has 0 saturated heterocycles. The average Bonchev–Trinajstić information content (AvgIpc) is 2.43. The zero-order chi connectivity index (χ0) is 14.1. The maximum absolute atomic E-state index is 6.20. The van der Waals surface area contributed by atoms with Crippen molar-refractivity contribution in [3.8, 4) is 0 Å². The summed E-state index contributed by atoms with van der Waals surface area (Å²) in [5, 5.41) is 0. The summed E-state index contributed by atoms with van der Waals surface area (Å²) in [6.07, 6.45) is 14.1. The molecule has 0 radical (unpaired) electrons. The molecule has 0 heterocycles. The lowest BCUT2D eigenvalue weighted by Crippen LogP contribution is -2.34. The Kier molecular flexibility index (Phi) is 8.77. The molecule has 1 rings (SSSR count). The maximum Gasteiger partial charge on any atom is -0.00435 e. The van der Waals surface area contributed by atoms with Gasteiger partial charge in [-0.3, -0.25) is 0 Å². The van der Waals surface area contributed by atoms with E-state index < -0.39 is 0 Å². The SMILES string of the molecule is CCCCC1C(C)CCCCCCC(CC)C1CN. The van der Waals surface area contributed by atoms with Gasteiger partial charge in [0.05, 0.1) is 0 Å². The van der Waals surface area contributed by atoms with Crippen molar-refractivity contribution < 1.29 is 0 Å². The molecule has 2 N–H and O–H groups in total. The first-order chi connectivity index (χ1) is 9.24. The summed E-state index contributed by atoms with van der Waals surface area (Å²) in [6, 6.07) is 0. The van der Waals surface area contributed by atoms with Gasteiger partial charge >= 0.3 is 0 Å². The topological polar surface area (TPSA) is 26.0 Å². The van der Waals surface area contributed by atoms with Crippen LogP contribution >= 0.6 is 0 Å². The second kappa shape index (κ2) is 9.80. The van der Waals surface area contributed by atoms with Gasteiger partial charge in [-0.2, -0.15) is 0 Å². The molecule has 1 heteroatoms. The molecule has 0 spiro atoms. The normalized spacial score (nSPS) is 34.1. The summed E-state index contributed by atoms with van der Waals surface area (Å²) < 4.78 is 0. The molecule has 19 heavy (non-hydrogen) atoms. The van der Waals surface area contributed by atoms with Crippen molar-refractivity contribution >= 4 is 0 Å². The number of unbranched alkanes of at least 4 members (excludes halogenated alkanes) is 1. The number of hydrogen-bond donors (Lipinski definition) is 1. The highest BCUT2D eigenvalue weighted by atomic mass is 14.6. The molecule has 0 bridgehead atoms. The van der Waals surface area contributed by atoms with Crippen LogP contribution in [0.3, 0.4) is 0 Å². The van der Waals surface area contributed by atoms with Gasteiger partial charge in [-0.1, -0.05) is 78.6 Å². The molecule has 1 saturated carbocycles. The Morgan fingerprint density at radius 2 is 1.63 bits per heavy atom. The van der Waals surface area contributed by atoms with Crippen molar-refractivity contribution in [1.82, 2.24) is 0 Å². The van der Waals surface area contributed by atoms with E-state index in [-0.39, 0.29) is 0 Å². The fourth-order valence-corrected chi connectivity index (χ4v) is 4.24. The number of rotatable bonds is 5. The van der Waals surface area contributed by atoms with Crippen LogP contribution in [0.25, 0.3) is 0 Å². The van der Waals surface area contributed by atoms with Gasteiger partial charge in [0.1, 0.15) is 0 Å². The Labute approximate surface area is 121 Å². The largest absolute Gasteiger partial charge is 0.330 e. The summed E-state index contributed by atoms with van der Waals surface area (Å²) in [5.74, 6) is 3.43. The van der Waals surface area contributed by atoms with Crippen LogP contribution in [0.2, 0.25) is 0 Å². The van der Waals surface area contributed by atoms with E-state index in [0.29, 0.717) is 0 Å². The Morgan fingerprint density at radius 3 is 2.21 bits per heavy atom. The molecule has 0 aromatic carbocycles.